The molecule has 1 aromatic heterocycles. The summed E-state index contributed by atoms with van der Waals surface area (Å²) in [5.41, 5.74) is 2.40. The highest BCUT2D eigenvalue weighted by Crippen LogP contribution is 2.25. The van der Waals surface area contributed by atoms with E-state index in [9.17, 15) is 0 Å². The largest absolute Gasteiger partial charge is 0.325 e. The standard InChI is InChI=1S/C14H18BrN3/c1-4-11-9-12(15)5-6-13(11)17-14-16-7-8-18(14)10(2)3/h5-10H,4H2,1-3H3,(H,16,17). The fourth-order valence-electron chi connectivity index (χ4n) is 1.92. The van der Waals surface area contributed by atoms with Gasteiger partial charge in [0.15, 0.2) is 0 Å². The number of aryl methyl sites for hydroxylation is 1. The van der Waals surface area contributed by atoms with E-state index in [1.54, 1.807) is 0 Å². The number of hydrogen-bond acceptors (Lipinski definition) is 2. The van der Waals surface area contributed by atoms with E-state index < -0.39 is 0 Å². The summed E-state index contributed by atoms with van der Waals surface area (Å²) >= 11 is 3.50. The highest BCUT2D eigenvalue weighted by molar-refractivity contribution is 9.10. The summed E-state index contributed by atoms with van der Waals surface area (Å²) in [7, 11) is 0. The molecule has 3 nitrogen and oxygen atoms in total. The topological polar surface area (TPSA) is 29.9 Å². The number of benzene rings is 1. The molecule has 0 aliphatic rings. The van der Waals surface area contributed by atoms with Crippen LogP contribution < -0.4 is 5.32 Å². The number of rotatable bonds is 4. The molecule has 4 heteroatoms. The van der Waals surface area contributed by atoms with E-state index in [1.807, 2.05) is 18.5 Å². The van der Waals surface area contributed by atoms with Gasteiger partial charge in [-0.3, -0.25) is 0 Å². The lowest BCUT2D eigenvalue weighted by Gasteiger charge is -2.15. The molecule has 0 saturated carbocycles. The van der Waals surface area contributed by atoms with Crippen LogP contribution in [-0.4, -0.2) is 9.55 Å². The highest BCUT2D eigenvalue weighted by atomic mass is 79.9. The van der Waals surface area contributed by atoms with E-state index in [0.29, 0.717) is 6.04 Å². The zero-order valence-corrected chi connectivity index (χ0v) is 12.5. The van der Waals surface area contributed by atoms with Crippen LogP contribution in [0.25, 0.3) is 0 Å². The lowest BCUT2D eigenvalue weighted by molar-refractivity contribution is 0.608. The Kier molecular flexibility index (Phi) is 4.07. The van der Waals surface area contributed by atoms with Gasteiger partial charge in [0, 0.05) is 28.6 Å². The van der Waals surface area contributed by atoms with E-state index in [1.165, 1.54) is 5.56 Å². The summed E-state index contributed by atoms with van der Waals surface area (Å²) in [4.78, 5) is 4.37. The summed E-state index contributed by atoms with van der Waals surface area (Å²) in [5, 5.41) is 3.41. The number of imidazole rings is 1. The van der Waals surface area contributed by atoms with E-state index in [4.69, 9.17) is 0 Å². The summed E-state index contributed by atoms with van der Waals surface area (Å²) in [6, 6.07) is 6.67. The van der Waals surface area contributed by atoms with E-state index >= 15 is 0 Å². The molecule has 2 rings (SSSR count). The molecule has 1 N–H and O–H groups in total. The first-order chi connectivity index (χ1) is 8.61. The van der Waals surface area contributed by atoms with Gasteiger partial charge in [-0.2, -0.15) is 0 Å². The molecule has 0 unspecified atom stereocenters. The minimum Gasteiger partial charge on any atom is -0.325 e. The Labute approximate surface area is 116 Å². The summed E-state index contributed by atoms with van der Waals surface area (Å²) < 4.78 is 3.23. The van der Waals surface area contributed by atoms with Crippen LogP contribution in [0.2, 0.25) is 0 Å². The summed E-state index contributed by atoms with van der Waals surface area (Å²) in [6.07, 6.45) is 4.81. The van der Waals surface area contributed by atoms with Crippen molar-refractivity contribution in [3.63, 3.8) is 0 Å². The first-order valence-electron chi connectivity index (χ1n) is 6.20. The van der Waals surface area contributed by atoms with E-state index in [0.717, 1.165) is 22.5 Å². The van der Waals surface area contributed by atoms with Crippen LogP contribution in [0.15, 0.2) is 35.1 Å². The van der Waals surface area contributed by atoms with Crippen molar-refractivity contribution in [3.05, 3.63) is 40.6 Å². The third-order valence-electron chi connectivity index (χ3n) is 2.92. The first kappa shape index (κ1) is 13.1. The molecule has 0 aliphatic carbocycles. The van der Waals surface area contributed by atoms with Gasteiger partial charge >= 0.3 is 0 Å². The normalized spacial score (nSPS) is 10.9. The lowest BCUT2D eigenvalue weighted by atomic mass is 10.1. The Hall–Kier alpha value is -1.29. The molecule has 0 amide bonds. The fraction of sp³-hybridized carbons (Fsp3) is 0.357. The van der Waals surface area contributed by atoms with E-state index in [2.05, 4.69) is 63.7 Å². The van der Waals surface area contributed by atoms with Gasteiger partial charge in [-0.15, -0.1) is 0 Å². The molecular weight excluding hydrogens is 290 g/mol. The van der Waals surface area contributed by atoms with Crippen LogP contribution in [0.3, 0.4) is 0 Å². The molecule has 0 spiro atoms. The first-order valence-corrected chi connectivity index (χ1v) is 6.99. The Morgan fingerprint density at radius 2 is 2.17 bits per heavy atom. The quantitative estimate of drug-likeness (QED) is 0.899. The van der Waals surface area contributed by atoms with Crippen molar-refractivity contribution in [2.45, 2.75) is 33.2 Å². The van der Waals surface area contributed by atoms with Gasteiger partial charge in [0.1, 0.15) is 0 Å². The van der Waals surface area contributed by atoms with Crippen molar-refractivity contribution < 1.29 is 0 Å². The predicted octanol–water partition coefficient (Wildman–Crippen LogP) is 4.53. The van der Waals surface area contributed by atoms with Crippen LogP contribution in [0.4, 0.5) is 11.6 Å². The van der Waals surface area contributed by atoms with Gasteiger partial charge in [-0.1, -0.05) is 22.9 Å². The Morgan fingerprint density at radius 3 is 2.83 bits per heavy atom. The van der Waals surface area contributed by atoms with Crippen LogP contribution in [-0.2, 0) is 6.42 Å². The highest BCUT2D eigenvalue weighted by Gasteiger charge is 2.08. The van der Waals surface area contributed by atoms with Crippen molar-refractivity contribution in [2.24, 2.45) is 0 Å². The molecule has 18 heavy (non-hydrogen) atoms. The Morgan fingerprint density at radius 1 is 1.39 bits per heavy atom. The zero-order valence-electron chi connectivity index (χ0n) is 10.9. The number of nitrogens with zero attached hydrogens (tertiary/aromatic N) is 2. The lowest BCUT2D eigenvalue weighted by Crippen LogP contribution is -2.06. The summed E-state index contributed by atoms with van der Waals surface area (Å²) in [5.74, 6) is 0.891. The monoisotopic (exact) mass is 307 g/mol. The smallest absolute Gasteiger partial charge is 0.207 e. The average molecular weight is 308 g/mol. The molecule has 0 radical (unpaired) electrons. The number of nitrogens with one attached hydrogen (secondary N) is 1. The van der Waals surface area contributed by atoms with Crippen LogP contribution in [0, 0.1) is 0 Å². The predicted molar refractivity (Wildman–Crippen MR) is 79.4 cm³/mol. The third kappa shape index (κ3) is 2.75. The SMILES string of the molecule is CCc1cc(Br)ccc1Nc1nccn1C(C)C. The Bertz CT molecular complexity index is 532. The van der Waals surface area contributed by atoms with Crippen molar-refractivity contribution in [1.82, 2.24) is 9.55 Å². The van der Waals surface area contributed by atoms with E-state index in [-0.39, 0.29) is 0 Å². The van der Waals surface area contributed by atoms with Gasteiger partial charge in [-0.05, 0) is 44.0 Å². The second kappa shape index (κ2) is 5.57. The van der Waals surface area contributed by atoms with Crippen LogP contribution >= 0.6 is 15.9 Å². The molecule has 0 atom stereocenters. The molecule has 1 heterocycles. The number of aromatic nitrogens is 2. The molecular formula is C14H18BrN3. The van der Waals surface area contributed by atoms with Crippen LogP contribution in [0.5, 0.6) is 0 Å². The number of halogens is 1. The average Bonchev–Trinajstić information content (AvgIpc) is 2.79. The third-order valence-corrected chi connectivity index (χ3v) is 3.41. The molecule has 1 aromatic carbocycles. The molecule has 0 bridgehead atoms. The van der Waals surface area contributed by atoms with Gasteiger partial charge in [0.25, 0.3) is 0 Å². The Balaban J connectivity index is 2.31. The van der Waals surface area contributed by atoms with Crippen molar-refractivity contribution >= 4 is 27.6 Å². The van der Waals surface area contributed by atoms with Crippen molar-refractivity contribution in [2.75, 3.05) is 5.32 Å². The molecule has 2 aromatic rings. The maximum Gasteiger partial charge on any atom is 0.207 e. The van der Waals surface area contributed by atoms with Crippen LogP contribution in [0.1, 0.15) is 32.4 Å². The molecule has 0 fully saturated rings. The molecule has 0 saturated heterocycles. The number of hydrogen-bond donors (Lipinski definition) is 1. The van der Waals surface area contributed by atoms with Crippen molar-refractivity contribution in [3.8, 4) is 0 Å². The van der Waals surface area contributed by atoms with Gasteiger partial charge < -0.3 is 9.88 Å². The molecule has 0 aliphatic heterocycles. The minimum absolute atomic E-state index is 0.399. The second-order valence-corrected chi connectivity index (χ2v) is 5.45. The fourth-order valence-corrected chi connectivity index (χ4v) is 2.33. The summed E-state index contributed by atoms with van der Waals surface area (Å²) in [6.45, 7) is 6.45. The van der Waals surface area contributed by atoms with Gasteiger partial charge in [0.2, 0.25) is 5.95 Å². The zero-order chi connectivity index (χ0) is 13.1. The number of anilines is 2. The van der Waals surface area contributed by atoms with Gasteiger partial charge in [0.05, 0.1) is 0 Å². The maximum absolute atomic E-state index is 4.37. The maximum atomic E-state index is 4.37. The van der Waals surface area contributed by atoms with Gasteiger partial charge in [-0.25, -0.2) is 4.98 Å². The molecule has 96 valence electrons. The minimum atomic E-state index is 0.399. The van der Waals surface area contributed by atoms with Crippen molar-refractivity contribution in [1.29, 1.82) is 0 Å². The second-order valence-electron chi connectivity index (χ2n) is 4.53.